The van der Waals surface area contributed by atoms with E-state index in [2.05, 4.69) is 82.6 Å². The van der Waals surface area contributed by atoms with E-state index in [1.54, 1.807) is 0 Å². The number of aryl methyl sites for hydroxylation is 1. The van der Waals surface area contributed by atoms with Crippen molar-refractivity contribution < 1.29 is 9.52 Å². The molecule has 34 heavy (non-hydrogen) atoms. The Hall–Kier alpha value is -3.18. The largest absolute Gasteiger partial charge is 0.461 e. The van der Waals surface area contributed by atoms with Crippen molar-refractivity contribution in [2.24, 2.45) is 0 Å². The molecule has 0 amide bonds. The first kappa shape index (κ1) is 22.6. The molecule has 1 aliphatic rings. The van der Waals surface area contributed by atoms with Gasteiger partial charge in [-0.2, -0.15) is 0 Å². The third-order valence-electron chi connectivity index (χ3n) is 7.00. The summed E-state index contributed by atoms with van der Waals surface area (Å²) in [4.78, 5) is 4.64. The van der Waals surface area contributed by atoms with Gasteiger partial charge in [-0.15, -0.1) is 0 Å². The zero-order chi connectivity index (χ0) is 23.5. The van der Waals surface area contributed by atoms with Crippen LogP contribution in [-0.4, -0.2) is 41.1 Å². The van der Waals surface area contributed by atoms with Crippen LogP contribution in [0.1, 0.15) is 35.6 Å². The van der Waals surface area contributed by atoms with Crippen molar-refractivity contribution in [3.63, 3.8) is 0 Å². The summed E-state index contributed by atoms with van der Waals surface area (Å²) in [6, 6.07) is 33.8. The molecule has 5 rings (SSSR count). The van der Waals surface area contributed by atoms with E-state index in [0.717, 1.165) is 43.1 Å². The van der Waals surface area contributed by atoms with Crippen molar-refractivity contribution in [2.45, 2.75) is 25.6 Å². The molecule has 1 saturated heterocycles. The fourth-order valence-corrected chi connectivity index (χ4v) is 5.08. The van der Waals surface area contributed by atoms with E-state index in [4.69, 9.17) is 4.42 Å². The molecular weight excluding hydrogens is 420 g/mol. The summed E-state index contributed by atoms with van der Waals surface area (Å²) in [6.45, 7) is 7.03. The molecule has 2 heterocycles. The maximum absolute atomic E-state index is 11.6. The second-order valence-corrected chi connectivity index (χ2v) is 9.21. The molecule has 0 radical (unpaired) electrons. The van der Waals surface area contributed by atoms with Crippen LogP contribution in [0.4, 0.5) is 0 Å². The number of aliphatic hydroxyl groups is 1. The van der Waals surface area contributed by atoms with Gasteiger partial charge in [0.15, 0.2) is 11.5 Å². The Morgan fingerprint density at radius 3 is 1.79 bits per heavy atom. The number of furan rings is 1. The van der Waals surface area contributed by atoms with Crippen molar-refractivity contribution in [1.29, 1.82) is 0 Å². The van der Waals surface area contributed by atoms with Gasteiger partial charge >= 0.3 is 0 Å². The van der Waals surface area contributed by atoms with Crippen molar-refractivity contribution in [2.75, 3.05) is 26.2 Å². The molecule has 4 aromatic rings. The van der Waals surface area contributed by atoms with Gasteiger partial charge in [-0.25, -0.2) is 0 Å². The summed E-state index contributed by atoms with van der Waals surface area (Å²) >= 11 is 0. The van der Waals surface area contributed by atoms with E-state index in [1.807, 2.05) is 38.1 Å². The molecule has 1 aromatic heterocycles. The quantitative estimate of drug-likeness (QED) is 0.400. The number of rotatable bonds is 6. The van der Waals surface area contributed by atoms with Crippen LogP contribution in [0.2, 0.25) is 0 Å². The number of hydrogen-bond donors (Lipinski definition) is 1. The lowest BCUT2D eigenvalue weighted by Gasteiger charge is -2.44. The maximum atomic E-state index is 11.6. The Balaban J connectivity index is 1.35. The van der Waals surface area contributed by atoms with Crippen LogP contribution >= 0.6 is 0 Å². The summed E-state index contributed by atoms with van der Waals surface area (Å²) in [6.07, 6.45) is 0. The fraction of sp³-hybridized carbons (Fsp3) is 0.267. The Kier molecular flexibility index (Phi) is 6.38. The zero-order valence-corrected chi connectivity index (χ0v) is 19.9. The second-order valence-electron chi connectivity index (χ2n) is 9.21. The predicted molar refractivity (Wildman–Crippen MR) is 136 cm³/mol. The number of hydrogen-bond acceptors (Lipinski definition) is 4. The maximum Gasteiger partial charge on any atom is 0.174 e. The molecule has 1 atom stereocenters. The first-order valence-electron chi connectivity index (χ1n) is 12.0. The van der Waals surface area contributed by atoms with E-state index in [0.29, 0.717) is 5.76 Å². The number of nitrogens with zero attached hydrogens (tertiary/aromatic N) is 2. The van der Waals surface area contributed by atoms with E-state index < -0.39 is 5.72 Å². The van der Waals surface area contributed by atoms with Gasteiger partial charge in [0.2, 0.25) is 0 Å². The van der Waals surface area contributed by atoms with Gasteiger partial charge in [0.25, 0.3) is 0 Å². The standard InChI is InChI=1S/C30H32N2O2/c1-23-27(24-12-6-3-7-13-24)22-28(34-23)30(2,33)32-20-18-31(19-21-32)29(25-14-8-4-9-15-25)26-16-10-5-11-17-26/h3-17,22,29,33H,18-21H2,1-2H3. The summed E-state index contributed by atoms with van der Waals surface area (Å²) in [7, 11) is 0. The van der Waals surface area contributed by atoms with Crippen LogP contribution in [0.25, 0.3) is 11.1 Å². The first-order valence-corrected chi connectivity index (χ1v) is 12.0. The molecule has 1 unspecified atom stereocenters. The molecule has 4 nitrogen and oxygen atoms in total. The highest BCUT2D eigenvalue weighted by Gasteiger charge is 2.38. The van der Waals surface area contributed by atoms with Gasteiger partial charge < -0.3 is 9.52 Å². The zero-order valence-electron chi connectivity index (χ0n) is 19.9. The van der Waals surface area contributed by atoms with Gasteiger partial charge in [-0.1, -0.05) is 91.0 Å². The van der Waals surface area contributed by atoms with Crippen LogP contribution in [0, 0.1) is 6.92 Å². The van der Waals surface area contributed by atoms with Gasteiger partial charge in [0.1, 0.15) is 5.76 Å². The SMILES string of the molecule is Cc1oc(C(C)(O)N2CCN(C(c3ccccc3)c3ccccc3)CC2)cc1-c1ccccc1. The highest BCUT2D eigenvalue weighted by atomic mass is 16.4. The van der Waals surface area contributed by atoms with Crippen molar-refractivity contribution >= 4 is 0 Å². The molecule has 4 heteroatoms. The Morgan fingerprint density at radius 1 is 0.765 bits per heavy atom. The lowest BCUT2D eigenvalue weighted by atomic mass is 9.96. The molecule has 3 aromatic carbocycles. The lowest BCUT2D eigenvalue weighted by molar-refractivity contribution is -0.132. The number of benzene rings is 3. The molecule has 0 aliphatic carbocycles. The monoisotopic (exact) mass is 452 g/mol. The van der Waals surface area contributed by atoms with Gasteiger partial charge in [0.05, 0.1) is 6.04 Å². The Bertz CT molecular complexity index is 1160. The molecule has 0 spiro atoms. The van der Waals surface area contributed by atoms with Crippen LogP contribution in [0.3, 0.4) is 0 Å². The van der Waals surface area contributed by atoms with E-state index in [9.17, 15) is 5.11 Å². The Morgan fingerprint density at radius 2 is 1.26 bits per heavy atom. The predicted octanol–water partition coefficient (Wildman–Crippen LogP) is 5.83. The summed E-state index contributed by atoms with van der Waals surface area (Å²) in [5.74, 6) is 1.42. The normalized spacial score (nSPS) is 17.1. The second kappa shape index (κ2) is 9.59. The summed E-state index contributed by atoms with van der Waals surface area (Å²) in [5, 5.41) is 11.6. The lowest BCUT2D eigenvalue weighted by Crippen LogP contribution is -2.54. The van der Waals surface area contributed by atoms with Crippen molar-refractivity contribution in [1.82, 2.24) is 9.80 Å². The molecule has 1 fully saturated rings. The molecule has 1 N–H and O–H groups in total. The highest BCUT2D eigenvalue weighted by molar-refractivity contribution is 5.66. The minimum absolute atomic E-state index is 0.199. The highest BCUT2D eigenvalue weighted by Crippen LogP contribution is 2.36. The van der Waals surface area contributed by atoms with Crippen LogP contribution in [-0.2, 0) is 5.72 Å². The minimum atomic E-state index is -1.17. The van der Waals surface area contributed by atoms with E-state index in [-0.39, 0.29) is 6.04 Å². The molecule has 1 aliphatic heterocycles. The van der Waals surface area contributed by atoms with Crippen molar-refractivity contribution in [3.05, 3.63) is 120 Å². The van der Waals surface area contributed by atoms with Crippen LogP contribution in [0.15, 0.2) is 101 Å². The Labute approximate surface area is 202 Å². The average Bonchev–Trinajstić information content (AvgIpc) is 3.29. The molecule has 0 saturated carbocycles. The number of piperazine rings is 1. The summed E-state index contributed by atoms with van der Waals surface area (Å²) in [5.41, 5.74) is 3.55. The molecular formula is C30H32N2O2. The van der Waals surface area contributed by atoms with Gasteiger partial charge in [-0.05, 0) is 36.6 Å². The topological polar surface area (TPSA) is 39.9 Å². The molecule has 0 bridgehead atoms. The van der Waals surface area contributed by atoms with E-state index in [1.165, 1.54) is 11.1 Å². The molecule has 174 valence electrons. The third kappa shape index (κ3) is 4.45. The average molecular weight is 453 g/mol. The van der Waals surface area contributed by atoms with E-state index >= 15 is 0 Å². The first-order chi connectivity index (χ1) is 16.5. The third-order valence-corrected chi connectivity index (χ3v) is 7.00. The van der Waals surface area contributed by atoms with Crippen LogP contribution in [0.5, 0.6) is 0 Å². The van der Waals surface area contributed by atoms with Gasteiger partial charge in [-0.3, -0.25) is 9.80 Å². The van der Waals surface area contributed by atoms with Gasteiger partial charge in [0, 0.05) is 31.7 Å². The minimum Gasteiger partial charge on any atom is -0.461 e. The smallest absolute Gasteiger partial charge is 0.174 e. The fourth-order valence-electron chi connectivity index (χ4n) is 5.08. The van der Waals surface area contributed by atoms with Crippen molar-refractivity contribution in [3.8, 4) is 11.1 Å². The summed E-state index contributed by atoms with van der Waals surface area (Å²) < 4.78 is 6.09. The van der Waals surface area contributed by atoms with Crippen LogP contribution < -0.4 is 0 Å².